The number of carboxylic acids is 1. The fourth-order valence-corrected chi connectivity index (χ4v) is 2.38. The Morgan fingerprint density at radius 2 is 2.16 bits per heavy atom. The molecule has 1 aliphatic heterocycles. The molecule has 0 fully saturated rings. The Balaban J connectivity index is 3.40. The highest BCUT2D eigenvalue weighted by Gasteiger charge is 2.46. The van der Waals surface area contributed by atoms with Crippen molar-refractivity contribution in [3.05, 3.63) is 16.9 Å². The number of amides is 1. The second-order valence-corrected chi connectivity index (χ2v) is 5.19. The normalized spacial score (nSPS) is 24.6. The van der Waals surface area contributed by atoms with Gasteiger partial charge in [0.05, 0.1) is 18.7 Å². The number of aliphatic carboxylic acids is 1. The number of nitrogens with one attached hydrogen (secondary N) is 2. The number of aliphatic imine (C=N–C) groups is 1. The number of guanidine groups is 1. The topological polar surface area (TPSA) is 221 Å². The summed E-state index contributed by atoms with van der Waals surface area (Å²) in [7, 11) is 0. The number of aliphatic hydroxyl groups is 2. The molecule has 0 bridgehead atoms. The molecule has 1 amide bonds. The van der Waals surface area contributed by atoms with Crippen LogP contribution in [-0.4, -0.2) is 70.1 Å². The zero-order chi connectivity index (χ0) is 19.1. The molecule has 1 aliphatic rings. The van der Waals surface area contributed by atoms with E-state index in [9.17, 15) is 19.8 Å². The van der Waals surface area contributed by atoms with Crippen molar-refractivity contribution in [2.45, 2.75) is 37.3 Å². The van der Waals surface area contributed by atoms with Gasteiger partial charge in [-0.15, -0.1) is 0 Å². The van der Waals surface area contributed by atoms with E-state index in [1.807, 2.05) is 0 Å². The number of carbonyl (C=O) groups excluding carboxylic acids is 1. The van der Waals surface area contributed by atoms with Gasteiger partial charge in [0.2, 0.25) is 11.7 Å². The van der Waals surface area contributed by atoms with E-state index < -0.39 is 54.6 Å². The van der Waals surface area contributed by atoms with Gasteiger partial charge in [-0.3, -0.25) is 4.79 Å². The first-order chi connectivity index (χ1) is 11.7. The number of hydrogen-bond acceptors (Lipinski definition) is 8. The van der Waals surface area contributed by atoms with Gasteiger partial charge in [0.25, 0.3) is 5.39 Å². The van der Waals surface area contributed by atoms with E-state index in [-0.39, 0.29) is 5.96 Å². The first-order valence-electron chi connectivity index (χ1n) is 7.07. The van der Waals surface area contributed by atoms with Gasteiger partial charge in [0.1, 0.15) is 6.10 Å². The summed E-state index contributed by atoms with van der Waals surface area (Å²) in [6.07, 6.45) is -1.74. The highest BCUT2D eigenvalue weighted by Crippen LogP contribution is 2.25. The molecule has 9 N–H and O–H groups in total. The molecule has 0 spiro atoms. The molecule has 0 aliphatic carbocycles. The lowest BCUT2D eigenvalue weighted by Gasteiger charge is -2.38. The number of ether oxygens (including phenoxy) is 1. The first-order valence-corrected chi connectivity index (χ1v) is 7.07. The largest absolute Gasteiger partial charge is 0.479 e. The predicted octanol–water partition coefficient (Wildman–Crippen LogP) is -3.42. The van der Waals surface area contributed by atoms with Gasteiger partial charge in [-0.2, -0.15) is 0 Å². The van der Waals surface area contributed by atoms with E-state index in [0.29, 0.717) is 0 Å². The smallest absolute Gasteiger partial charge is 0.370 e. The lowest BCUT2D eigenvalue weighted by atomic mass is 9.91. The highest BCUT2D eigenvalue weighted by atomic mass is 16.5. The number of hydrogen-bond donors (Lipinski definition) is 7. The Morgan fingerprint density at radius 3 is 2.60 bits per heavy atom. The Labute approximate surface area is 141 Å². The van der Waals surface area contributed by atoms with Crippen molar-refractivity contribution in [2.24, 2.45) is 16.5 Å². The van der Waals surface area contributed by atoms with Crippen LogP contribution in [-0.2, 0) is 14.3 Å². The molecule has 138 valence electrons. The molecule has 0 aromatic carbocycles. The molecule has 0 unspecified atom stereocenters. The van der Waals surface area contributed by atoms with E-state index in [1.54, 1.807) is 0 Å². The maximum absolute atomic E-state index is 11.5. The fourth-order valence-electron chi connectivity index (χ4n) is 2.38. The second-order valence-electron chi connectivity index (χ2n) is 5.19. The van der Waals surface area contributed by atoms with Crippen LogP contribution in [0.1, 0.15) is 6.92 Å². The summed E-state index contributed by atoms with van der Waals surface area (Å²) in [6.45, 7) is 0.431. The summed E-state index contributed by atoms with van der Waals surface area (Å²) in [5.41, 5.74) is 12.8. The molecule has 25 heavy (non-hydrogen) atoms. The molecule has 1 rings (SSSR count). The average molecular weight is 358 g/mol. The van der Waals surface area contributed by atoms with Crippen LogP contribution >= 0.6 is 0 Å². The van der Waals surface area contributed by atoms with Crippen molar-refractivity contribution < 1.29 is 29.6 Å². The molecular formula is C12H20N7O6+. The molecule has 0 saturated carbocycles. The Kier molecular flexibility index (Phi) is 6.91. The van der Waals surface area contributed by atoms with Gasteiger partial charge in [0, 0.05) is 6.92 Å². The molecular weight excluding hydrogens is 338 g/mol. The molecule has 0 aromatic heterocycles. The van der Waals surface area contributed by atoms with Gasteiger partial charge in [0.15, 0.2) is 18.1 Å². The van der Waals surface area contributed by atoms with Crippen LogP contribution in [0.3, 0.4) is 0 Å². The molecule has 0 saturated heterocycles. The minimum Gasteiger partial charge on any atom is -0.479 e. The third-order valence-electron chi connectivity index (χ3n) is 3.35. The van der Waals surface area contributed by atoms with Gasteiger partial charge in [-0.1, -0.05) is 0 Å². The van der Waals surface area contributed by atoms with Crippen LogP contribution in [0.4, 0.5) is 0 Å². The molecule has 1 heterocycles. The number of nitrogens with zero attached hydrogens (tertiary/aromatic N) is 3. The molecule has 0 radical (unpaired) electrons. The fraction of sp³-hybridized carbons (Fsp3) is 0.583. The minimum absolute atomic E-state index is 0.374. The van der Waals surface area contributed by atoms with Crippen LogP contribution in [0.5, 0.6) is 0 Å². The van der Waals surface area contributed by atoms with Crippen molar-refractivity contribution in [2.75, 3.05) is 6.61 Å². The van der Waals surface area contributed by atoms with Crippen molar-refractivity contribution in [1.29, 1.82) is 5.39 Å². The van der Waals surface area contributed by atoms with Crippen LogP contribution in [0.2, 0.25) is 0 Å². The number of carboxylic acid groups (broad SMARTS) is 1. The number of nitrogens with two attached hydrogens (primary N) is 2. The lowest BCUT2D eigenvalue weighted by Crippen LogP contribution is -2.62. The third-order valence-corrected chi connectivity index (χ3v) is 3.35. The second kappa shape index (κ2) is 8.66. The van der Waals surface area contributed by atoms with E-state index in [2.05, 4.69) is 20.8 Å². The maximum atomic E-state index is 11.5. The molecule has 13 nitrogen and oxygen atoms in total. The zero-order valence-electron chi connectivity index (χ0n) is 13.2. The Hall–Kier alpha value is -3.11. The monoisotopic (exact) mass is 358 g/mol. The SMILES string of the molecule is CC(=O)N[C@H]1[C@H]([C@H](N[N+]#N)[C@H](O)CO)OC(C(=O)O)=C[C@@H]1N=C(N)N. The summed E-state index contributed by atoms with van der Waals surface area (Å²) in [4.78, 5) is 26.6. The quantitative estimate of drug-likeness (QED) is 0.103. The van der Waals surface area contributed by atoms with E-state index >= 15 is 0 Å². The van der Waals surface area contributed by atoms with Gasteiger partial charge < -0.3 is 36.8 Å². The lowest BCUT2D eigenvalue weighted by molar-refractivity contribution is -0.140. The van der Waals surface area contributed by atoms with Gasteiger partial charge in [-0.05, 0) is 11.5 Å². The van der Waals surface area contributed by atoms with Crippen molar-refractivity contribution in [3.63, 3.8) is 0 Å². The summed E-state index contributed by atoms with van der Waals surface area (Å²) in [5, 5.41) is 42.2. The van der Waals surface area contributed by atoms with Crippen molar-refractivity contribution in [3.8, 4) is 0 Å². The van der Waals surface area contributed by atoms with Gasteiger partial charge in [-0.25, -0.2) is 9.79 Å². The summed E-state index contributed by atoms with van der Waals surface area (Å²) in [6, 6.07) is -3.39. The zero-order valence-corrected chi connectivity index (χ0v) is 13.2. The first kappa shape index (κ1) is 19.9. The highest BCUT2D eigenvalue weighted by molar-refractivity contribution is 5.85. The van der Waals surface area contributed by atoms with Gasteiger partial charge >= 0.3 is 11.1 Å². The standard InChI is InChI=1S/C12H19N7O6/c1-4(21)16-8-5(17-12(13)14)2-7(11(23)24)25-10(8)9(18-19-15)6(22)3-20/h2,5-6,8-10,18,20,22H,3H2,1H3,(H5-,13,14,16,17,21,23,24)/p+1/t5-,6+,8+,9+,10+/m0/s1. The average Bonchev–Trinajstić information content (AvgIpc) is 2.52. The molecule has 0 aromatic rings. The van der Waals surface area contributed by atoms with E-state index in [4.69, 9.17) is 26.7 Å². The van der Waals surface area contributed by atoms with Crippen molar-refractivity contribution >= 4 is 17.8 Å². The number of rotatable bonds is 7. The summed E-state index contributed by atoms with van der Waals surface area (Å²) >= 11 is 0. The molecule has 5 atom stereocenters. The van der Waals surface area contributed by atoms with E-state index in [0.717, 1.165) is 6.08 Å². The predicted molar refractivity (Wildman–Crippen MR) is 82.9 cm³/mol. The summed E-state index contributed by atoms with van der Waals surface area (Å²) < 4.78 is 5.30. The van der Waals surface area contributed by atoms with Crippen LogP contribution in [0.15, 0.2) is 16.8 Å². The summed E-state index contributed by atoms with van der Waals surface area (Å²) in [5.74, 6) is -2.88. The van der Waals surface area contributed by atoms with Crippen LogP contribution < -0.4 is 22.2 Å². The Bertz CT molecular complexity index is 612. The maximum Gasteiger partial charge on any atom is 0.370 e. The number of diazo groups is 1. The van der Waals surface area contributed by atoms with Crippen LogP contribution in [0.25, 0.3) is 5.08 Å². The number of aliphatic hydroxyl groups excluding tert-OH is 2. The Morgan fingerprint density at radius 1 is 1.52 bits per heavy atom. The minimum atomic E-state index is -1.52. The van der Waals surface area contributed by atoms with Crippen molar-refractivity contribution in [1.82, 2.24) is 10.7 Å². The van der Waals surface area contributed by atoms with Crippen LogP contribution in [0, 0.1) is 5.39 Å². The molecule has 13 heteroatoms. The third kappa shape index (κ3) is 5.19. The number of carbonyl (C=O) groups is 2. The van der Waals surface area contributed by atoms with E-state index in [1.165, 1.54) is 6.92 Å².